The minimum absolute atomic E-state index is 0.239. The third-order valence-electron chi connectivity index (χ3n) is 2.74. The molecule has 1 aromatic heterocycles. The van der Waals surface area contributed by atoms with E-state index >= 15 is 0 Å². The number of anilines is 1. The first kappa shape index (κ1) is 14.7. The zero-order valence-electron chi connectivity index (χ0n) is 11.0. The standard InChI is InChI=1S/C14H13F3N2S/c1-8-3-4-11(9(2)5-8)20-12-6-13(14(15,16)17)19-7-10(12)18/h3-7H,18H2,1-2H3. The van der Waals surface area contributed by atoms with Crippen LogP contribution in [-0.2, 0) is 6.18 Å². The van der Waals surface area contributed by atoms with Crippen LogP contribution < -0.4 is 5.73 Å². The van der Waals surface area contributed by atoms with Crippen molar-refractivity contribution in [2.24, 2.45) is 0 Å². The highest BCUT2D eigenvalue weighted by Gasteiger charge is 2.33. The Labute approximate surface area is 119 Å². The number of nitrogens with zero attached hydrogens (tertiary/aromatic N) is 1. The van der Waals surface area contributed by atoms with Crippen molar-refractivity contribution >= 4 is 17.4 Å². The summed E-state index contributed by atoms with van der Waals surface area (Å²) < 4.78 is 38.0. The Bertz CT molecular complexity index is 639. The SMILES string of the molecule is Cc1ccc(Sc2cc(C(F)(F)F)ncc2N)c(C)c1. The molecule has 6 heteroatoms. The fourth-order valence-corrected chi connectivity index (χ4v) is 2.66. The Morgan fingerprint density at radius 2 is 1.80 bits per heavy atom. The van der Waals surface area contributed by atoms with Gasteiger partial charge in [0.1, 0.15) is 5.69 Å². The minimum Gasteiger partial charge on any atom is -0.397 e. The summed E-state index contributed by atoms with van der Waals surface area (Å²) in [6.45, 7) is 3.88. The molecule has 20 heavy (non-hydrogen) atoms. The van der Waals surface area contributed by atoms with Crippen molar-refractivity contribution in [3.05, 3.63) is 47.3 Å². The predicted octanol–water partition coefficient (Wildman–Crippen LogP) is 4.45. The third-order valence-corrected chi connectivity index (χ3v) is 3.99. The van der Waals surface area contributed by atoms with Crippen LogP contribution in [0.4, 0.5) is 18.9 Å². The number of hydrogen-bond donors (Lipinski definition) is 1. The van der Waals surface area contributed by atoms with Crippen molar-refractivity contribution in [3.63, 3.8) is 0 Å². The van der Waals surface area contributed by atoms with E-state index in [0.717, 1.165) is 28.3 Å². The maximum Gasteiger partial charge on any atom is 0.433 e. The fourth-order valence-electron chi connectivity index (χ4n) is 1.72. The van der Waals surface area contributed by atoms with Crippen molar-refractivity contribution in [2.45, 2.75) is 29.8 Å². The molecule has 0 radical (unpaired) electrons. The molecule has 0 spiro atoms. The number of halogens is 3. The quantitative estimate of drug-likeness (QED) is 0.890. The first-order chi connectivity index (χ1) is 9.27. The normalized spacial score (nSPS) is 11.7. The molecule has 0 atom stereocenters. The number of aromatic nitrogens is 1. The monoisotopic (exact) mass is 298 g/mol. The zero-order chi connectivity index (χ0) is 14.9. The molecule has 2 nitrogen and oxygen atoms in total. The van der Waals surface area contributed by atoms with Crippen molar-refractivity contribution in [2.75, 3.05) is 5.73 Å². The Kier molecular flexibility index (Phi) is 3.94. The molecular formula is C14H13F3N2S. The summed E-state index contributed by atoms with van der Waals surface area (Å²) in [5.41, 5.74) is 7.12. The van der Waals surface area contributed by atoms with Gasteiger partial charge in [-0.15, -0.1) is 0 Å². The van der Waals surface area contributed by atoms with Crippen molar-refractivity contribution in [1.29, 1.82) is 0 Å². The first-order valence-electron chi connectivity index (χ1n) is 5.85. The van der Waals surface area contributed by atoms with Crippen molar-refractivity contribution < 1.29 is 13.2 Å². The summed E-state index contributed by atoms with van der Waals surface area (Å²) in [5.74, 6) is 0. The maximum atomic E-state index is 12.7. The number of pyridine rings is 1. The van der Waals surface area contributed by atoms with E-state index in [2.05, 4.69) is 4.98 Å². The molecule has 0 aliphatic carbocycles. The van der Waals surface area contributed by atoms with Gasteiger partial charge in [0.2, 0.25) is 0 Å². The van der Waals surface area contributed by atoms with Gasteiger partial charge >= 0.3 is 6.18 Å². The summed E-state index contributed by atoms with van der Waals surface area (Å²) in [4.78, 5) is 4.56. The second kappa shape index (κ2) is 5.36. The largest absolute Gasteiger partial charge is 0.433 e. The van der Waals surface area contributed by atoms with Gasteiger partial charge in [-0.05, 0) is 31.5 Å². The number of hydrogen-bond acceptors (Lipinski definition) is 3. The van der Waals surface area contributed by atoms with Crippen LogP contribution in [0.5, 0.6) is 0 Å². The Balaban J connectivity index is 2.38. The molecule has 0 bridgehead atoms. The predicted molar refractivity (Wildman–Crippen MR) is 73.7 cm³/mol. The van der Waals surface area contributed by atoms with Gasteiger partial charge in [0.15, 0.2) is 0 Å². The summed E-state index contributed by atoms with van der Waals surface area (Å²) in [5, 5.41) is 0. The lowest BCUT2D eigenvalue weighted by atomic mass is 10.2. The van der Waals surface area contributed by atoms with Crippen molar-refractivity contribution in [1.82, 2.24) is 4.98 Å². The number of nitrogen functional groups attached to an aromatic ring is 1. The molecule has 1 heterocycles. The van der Waals surface area contributed by atoms with E-state index in [-0.39, 0.29) is 5.69 Å². The lowest BCUT2D eigenvalue weighted by Gasteiger charge is -2.11. The van der Waals surface area contributed by atoms with E-state index in [0.29, 0.717) is 4.90 Å². The summed E-state index contributed by atoms with van der Waals surface area (Å²) in [6.07, 6.45) is -3.42. The van der Waals surface area contributed by atoms with Crippen LogP contribution in [0.25, 0.3) is 0 Å². The number of benzene rings is 1. The molecule has 0 amide bonds. The lowest BCUT2D eigenvalue weighted by molar-refractivity contribution is -0.141. The Morgan fingerprint density at radius 1 is 1.10 bits per heavy atom. The van der Waals surface area contributed by atoms with Crippen molar-refractivity contribution in [3.8, 4) is 0 Å². The number of aryl methyl sites for hydroxylation is 2. The molecule has 0 aliphatic heterocycles. The molecule has 0 unspecified atom stereocenters. The highest BCUT2D eigenvalue weighted by molar-refractivity contribution is 7.99. The van der Waals surface area contributed by atoms with Gasteiger partial charge in [0.25, 0.3) is 0 Å². The fraction of sp³-hybridized carbons (Fsp3) is 0.214. The second-order valence-corrected chi connectivity index (χ2v) is 5.56. The molecule has 0 aliphatic rings. The molecule has 2 aromatic rings. The van der Waals surface area contributed by atoms with Gasteiger partial charge < -0.3 is 5.73 Å². The van der Waals surface area contributed by atoms with Gasteiger partial charge in [-0.1, -0.05) is 29.5 Å². The smallest absolute Gasteiger partial charge is 0.397 e. The molecule has 0 saturated heterocycles. The summed E-state index contributed by atoms with van der Waals surface area (Å²) in [7, 11) is 0. The topological polar surface area (TPSA) is 38.9 Å². The molecule has 0 fully saturated rings. The van der Waals surface area contributed by atoms with Gasteiger partial charge in [-0.3, -0.25) is 0 Å². The number of nitrogens with two attached hydrogens (primary N) is 1. The third kappa shape index (κ3) is 3.25. The van der Waals surface area contributed by atoms with E-state index in [4.69, 9.17) is 5.73 Å². The van der Waals surface area contributed by atoms with Crippen LogP contribution in [0.15, 0.2) is 40.3 Å². The van der Waals surface area contributed by atoms with E-state index in [9.17, 15) is 13.2 Å². The van der Waals surface area contributed by atoms with Crippen LogP contribution in [-0.4, -0.2) is 4.98 Å². The van der Waals surface area contributed by atoms with E-state index < -0.39 is 11.9 Å². The molecule has 2 rings (SSSR count). The number of alkyl halides is 3. The van der Waals surface area contributed by atoms with Crippen LogP contribution in [0.1, 0.15) is 16.8 Å². The molecule has 2 N–H and O–H groups in total. The average Bonchev–Trinajstić information content (AvgIpc) is 2.33. The van der Waals surface area contributed by atoms with Crippen LogP contribution >= 0.6 is 11.8 Å². The lowest BCUT2D eigenvalue weighted by Crippen LogP contribution is -2.08. The highest BCUT2D eigenvalue weighted by Crippen LogP contribution is 2.37. The number of rotatable bonds is 2. The Hall–Kier alpha value is -1.69. The van der Waals surface area contributed by atoms with Gasteiger partial charge in [0, 0.05) is 9.79 Å². The second-order valence-electron chi connectivity index (χ2n) is 4.48. The van der Waals surface area contributed by atoms with E-state index in [1.54, 1.807) is 0 Å². The van der Waals surface area contributed by atoms with Gasteiger partial charge in [-0.25, -0.2) is 4.98 Å². The van der Waals surface area contributed by atoms with Gasteiger partial charge in [0.05, 0.1) is 11.9 Å². The van der Waals surface area contributed by atoms with E-state index in [1.165, 1.54) is 11.8 Å². The van der Waals surface area contributed by atoms with Gasteiger partial charge in [-0.2, -0.15) is 13.2 Å². The minimum atomic E-state index is -4.47. The van der Waals surface area contributed by atoms with Crippen LogP contribution in [0, 0.1) is 13.8 Å². The van der Waals surface area contributed by atoms with Crippen LogP contribution in [0.3, 0.4) is 0 Å². The van der Waals surface area contributed by atoms with Crippen LogP contribution in [0.2, 0.25) is 0 Å². The van der Waals surface area contributed by atoms with E-state index in [1.807, 2.05) is 32.0 Å². The molecule has 106 valence electrons. The zero-order valence-corrected chi connectivity index (χ0v) is 11.8. The highest BCUT2D eigenvalue weighted by atomic mass is 32.2. The average molecular weight is 298 g/mol. The first-order valence-corrected chi connectivity index (χ1v) is 6.67. The molecule has 0 saturated carbocycles. The summed E-state index contributed by atoms with van der Waals surface area (Å²) in [6, 6.07) is 6.75. The summed E-state index contributed by atoms with van der Waals surface area (Å²) >= 11 is 1.21. The Morgan fingerprint density at radius 3 is 2.40 bits per heavy atom. The molecular weight excluding hydrogens is 285 g/mol. The molecule has 1 aromatic carbocycles. The maximum absolute atomic E-state index is 12.7.